The standard InChI is InChI=1S/C17H22N4O3/c1-13-16(21(22)23)17(19(2)18-13)20-9-8-15(10-20)12-24-11-14-6-4-3-5-7-14/h3-7,15H,8-12H2,1-2H3/t15-/m1/s1. The third-order valence-electron chi connectivity index (χ3n) is 4.39. The minimum absolute atomic E-state index is 0.114. The summed E-state index contributed by atoms with van der Waals surface area (Å²) in [5.74, 6) is 0.978. The van der Waals surface area contributed by atoms with E-state index < -0.39 is 0 Å². The van der Waals surface area contributed by atoms with Crippen LogP contribution in [0.15, 0.2) is 30.3 Å². The number of nitro groups is 1. The molecule has 1 atom stereocenters. The van der Waals surface area contributed by atoms with Gasteiger partial charge in [0.25, 0.3) is 0 Å². The van der Waals surface area contributed by atoms with Gasteiger partial charge in [0, 0.05) is 26.1 Å². The Morgan fingerprint density at radius 3 is 2.83 bits per heavy atom. The van der Waals surface area contributed by atoms with Crippen LogP contribution in [0.2, 0.25) is 0 Å². The Hall–Kier alpha value is -2.41. The van der Waals surface area contributed by atoms with Crippen LogP contribution in [0.4, 0.5) is 11.5 Å². The number of nitrogens with zero attached hydrogens (tertiary/aromatic N) is 4. The van der Waals surface area contributed by atoms with Gasteiger partial charge in [0.15, 0.2) is 0 Å². The minimum atomic E-state index is -0.336. The van der Waals surface area contributed by atoms with Crippen molar-refractivity contribution in [2.75, 3.05) is 24.6 Å². The normalized spacial score (nSPS) is 17.4. The molecule has 0 saturated carbocycles. The van der Waals surface area contributed by atoms with Crippen molar-refractivity contribution in [2.24, 2.45) is 13.0 Å². The topological polar surface area (TPSA) is 73.4 Å². The highest BCUT2D eigenvalue weighted by atomic mass is 16.6. The van der Waals surface area contributed by atoms with E-state index in [1.165, 1.54) is 0 Å². The first-order valence-electron chi connectivity index (χ1n) is 8.11. The fourth-order valence-electron chi connectivity index (χ4n) is 3.28. The van der Waals surface area contributed by atoms with Crippen LogP contribution in [0.1, 0.15) is 17.7 Å². The Morgan fingerprint density at radius 2 is 2.12 bits per heavy atom. The molecule has 0 bridgehead atoms. The first kappa shape index (κ1) is 16.4. The summed E-state index contributed by atoms with van der Waals surface area (Å²) in [6.45, 7) is 4.49. The van der Waals surface area contributed by atoms with Crippen molar-refractivity contribution < 1.29 is 9.66 Å². The van der Waals surface area contributed by atoms with Crippen LogP contribution in [0, 0.1) is 23.0 Å². The highest BCUT2D eigenvalue weighted by Gasteiger charge is 2.33. The van der Waals surface area contributed by atoms with Crippen LogP contribution >= 0.6 is 0 Å². The fourth-order valence-corrected chi connectivity index (χ4v) is 3.28. The summed E-state index contributed by atoms with van der Waals surface area (Å²) in [5, 5.41) is 15.5. The lowest BCUT2D eigenvalue weighted by Gasteiger charge is -2.17. The first-order chi connectivity index (χ1) is 11.6. The average molecular weight is 330 g/mol. The van der Waals surface area contributed by atoms with Crippen molar-refractivity contribution in [3.8, 4) is 0 Å². The molecular weight excluding hydrogens is 308 g/mol. The van der Waals surface area contributed by atoms with Gasteiger partial charge >= 0.3 is 5.69 Å². The molecule has 3 rings (SSSR count). The zero-order valence-corrected chi connectivity index (χ0v) is 14.0. The molecule has 0 unspecified atom stereocenters. The molecule has 7 nitrogen and oxygen atoms in total. The van der Waals surface area contributed by atoms with Crippen molar-refractivity contribution in [3.63, 3.8) is 0 Å². The van der Waals surface area contributed by atoms with Gasteiger partial charge in [0.2, 0.25) is 5.82 Å². The van der Waals surface area contributed by atoms with Crippen molar-refractivity contribution in [3.05, 3.63) is 51.7 Å². The molecule has 1 aliphatic rings. The number of aromatic nitrogens is 2. The molecule has 1 aromatic heterocycles. The van der Waals surface area contributed by atoms with Crippen molar-refractivity contribution >= 4 is 11.5 Å². The highest BCUT2D eigenvalue weighted by molar-refractivity contribution is 5.61. The third-order valence-corrected chi connectivity index (χ3v) is 4.39. The average Bonchev–Trinajstić information content (AvgIpc) is 3.12. The molecule has 0 N–H and O–H groups in total. The molecular formula is C17H22N4O3. The van der Waals surface area contributed by atoms with Gasteiger partial charge < -0.3 is 9.64 Å². The number of hydrogen-bond donors (Lipinski definition) is 0. The second kappa shape index (κ2) is 7.00. The number of aryl methyl sites for hydroxylation is 2. The maximum atomic E-state index is 11.3. The largest absolute Gasteiger partial charge is 0.376 e. The zero-order chi connectivity index (χ0) is 17.1. The van der Waals surface area contributed by atoms with Gasteiger partial charge in [-0.15, -0.1) is 0 Å². The fraction of sp³-hybridized carbons (Fsp3) is 0.471. The van der Waals surface area contributed by atoms with Crippen LogP contribution in [-0.2, 0) is 18.4 Å². The summed E-state index contributed by atoms with van der Waals surface area (Å²) in [6, 6.07) is 10.1. The Balaban J connectivity index is 1.59. The van der Waals surface area contributed by atoms with Crippen LogP contribution in [-0.4, -0.2) is 34.4 Å². The SMILES string of the molecule is Cc1nn(C)c(N2CC[C@@H](COCc3ccccc3)C2)c1[N+](=O)[O-]. The summed E-state index contributed by atoms with van der Waals surface area (Å²) < 4.78 is 7.43. The molecule has 2 aromatic rings. The van der Waals surface area contributed by atoms with Crippen molar-refractivity contribution in [1.29, 1.82) is 0 Å². The number of benzene rings is 1. The summed E-state index contributed by atoms with van der Waals surface area (Å²) >= 11 is 0. The van der Waals surface area contributed by atoms with E-state index in [4.69, 9.17) is 4.74 Å². The van der Waals surface area contributed by atoms with Gasteiger partial charge in [-0.2, -0.15) is 5.10 Å². The van der Waals surface area contributed by atoms with E-state index in [-0.39, 0.29) is 10.6 Å². The predicted octanol–water partition coefficient (Wildman–Crippen LogP) is 2.68. The van der Waals surface area contributed by atoms with E-state index in [1.54, 1.807) is 18.7 Å². The smallest absolute Gasteiger partial charge is 0.333 e. The van der Waals surface area contributed by atoms with E-state index in [9.17, 15) is 10.1 Å². The van der Waals surface area contributed by atoms with E-state index in [1.807, 2.05) is 30.3 Å². The molecule has 7 heteroatoms. The molecule has 1 aromatic carbocycles. The van der Waals surface area contributed by atoms with Gasteiger partial charge in [-0.1, -0.05) is 30.3 Å². The molecule has 1 fully saturated rings. The molecule has 0 radical (unpaired) electrons. The van der Waals surface area contributed by atoms with E-state index in [2.05, 4.69) is 10.00 Å². The van der Waals surface area contributed by atoms with Crippen LogP contribution in [0.25, 0.3) is 0 Å². The van der Waals surface area contributed by atoms with Crippen LogP contribution in [0.5, 0.6) is 0 Å². The Labute approximate surface area is 141 Å². The number of hydrogen-bond acceptors (Lipinski definition) is 5. The first-order valence-corrected chi connectivity index (χ1v) is 8.11. The lowest BCUT2D eigenvalue weighted by molar-refractivity contribution is -0.384. The van der Waals surface area contributed by atoms with E-state index in [0.29, 0.717) is 30.6 Å². The molecule has 1 aliphatic heterocycles. The Bertz CT molecular complexity index is 714. The van der Waals surface area contributed by atoms with Gasteiger partial charge in [0.05, 0.1) is 18.1 Å². The van der Waals surface area contributed by atoms with Gasteiger partial charge in [-0.05, 0) is 18.9 Å². The van der Waals surface area contributed by atoms with Crippen molar-refractivity contribution in [2.45, 2.75) is 20.0 Å². The van der Waals surface area contributed by atoms with Crippen LogP contribution < -0.4 is 4.90 Å². The van der Waals surface area contributed by atoms with E-state index >= 15 is 0 Å². The minimum Gasteiger partial charge on any atom is -0.376 e. The lowest BCUT2D eigenvalue weighted by Crippen LogP contribution is -2.24. The molecule has 128 valence electrons. The lowest BCUT2D eigenvalue weighted by atomic mass is 10.1. The summed E-state index contributed by atoms with van der Waals surface area (Å²) in [4.78, 5) is 13.0. The summed E-state index contributed by atoms with van der Waals surface area (Å²) in [5.41, 5.74) is 1.73. The molecule has 1 saturated heterocycles. The molecule has 0 aliphatic carbocycles. The molecule has 0 amide bonds. The maximum absolute atomic E-state index is 11.3. The molecule has 2 heterocycles. The quantitative estimate of drug-likeness (QED) is 0.601. The predicted molar refractivity (Wildman–Crippen MR) is 91.0 cm³/mol. The second-order valence-corrected chi connectivity index (χ2v) is 6.24. The molecule has 24 heavy (non-hydrogen) atoms. The maximum Gasteiger partial charge on any atom is 0.333 e. The van der Waals surface area contributed by atoms with Gasteiger partial charge in [-0.3, -0.25) is 10.1 Å². The monoisotopic (exact) mass is 330 g/mol. The number of anilines is 1. The van der Waals surface area contributed by atoms with E-state index in [0.717, 1.165) is 25.1 Å². The molecule has 0 spiro atoms. The highest BCUT2D eigenvalue weighted by Crippen LogP contribution is 2.34. The summed E-state index contributed by atoms with van der Waals surface area (Å²) in [6.07, 6.45) is 0.968. The summed E-state index contributed by atoms with van der Waals surface area (Å²) in [7, 11) is 1.76. The Morgan fingerprint density at radius 1 is 1.38 bits per heavy atom. The number of rotatable bonds is 6. The Kier molecular flexibility index (Phi) is 4.80. The van der Waals surface area contributed by atoms with Gasteiger partial charge in [0.1, 0.15) is 5.69 Å². The van der Waals surface area contributed by atoms with Crippen LogP contribution in [0.3, 0.4) is 0 Å². The van der Waals surface area contributed by atoms with Gasteiger partial charge in [-0.25, -0.2) is 4.68 Å². The second-order valence-electron chi connectivity index (χ2n) is 6.24. The zero-order valence-electron chi connectivity index (χ0n) is 14.0. The number of ether oxygens (including phenoxy) is 1. The third kappa shape index (κ3) is 3.41. The van der Waals surface area contributed by atoms with Crippen molar-refractivity contribution in [1.82, 2.24) is 9.78 Å².